The van der Waals surface area contributed by atoms with Crippen molar-refractivity contribution in [3.8, 4) is 0 Å². The van der Waals surface area contributed by atoms with E-state index in [1.54, 1.807) is 6.08 Å². The van der Waals surface area contributed by atoms with Crippen molar-refractivity contribution >= 4 is 0 Å². The van der Waals surface area contributed by atoms with E-state index in [4.69, 9.17) is 0 Å². The zero-order valence-corrected chi connectivity index (χ0v) is 11.4. The molecule has 0 heterocycles. The first kappa shape index (κ1) is 19.3. The van der Waals surface area contributed by atoms with Crippen LogP contribution in [0.25, 0.3) is 0 Å². The van der Waals surface area contributed by atoms with Gasteiger partial charge in [-0.3, -0.25) is 0 Å². The molecular weight excluding hydrogens is 168 g/mol. The summed E-state index contributed by atoms with van der Waals surface area (Å²) in [6, 6.07) is 0. The second kappa shape index (κ2) is 23.0. The predicted molar refractivity (Wildman–Crippen MR) is 70.8 cm³/mol. The van der Waals surface area contributed by atoms with E-state index in [-0.39, 0.29) is 0 Å². The van der Waals surface area contributed by atoms with Crippen LogP contribution in [0.2, 0.25) is 0 Å². The van der Waals surface area contributed by atoms with Crippen LogP contribution in [0, 0.1) is 5.92 Å². The summed E-state index contributed by atoms with van der Waals surface area (Å²) in [6.45, 7) is 15.8. The second-order valence-electron chi connectivity index (χ2n) is 3.50. The van der Waals surface area contributed by atoms with Gasteiger partial charge >= 0.3 is 0 Å². The monoisotopic (exact) mass is 200 g/mol. The third-order valence-electron chi connectivity index (χ3n) is 1.64. The molecule has 0 unspecified atom stereocenters. The molecule has 0 aromatic carbocycles. The Morgan fingerprint density at radius 2 is 1.36 bits per heavy atom. The summed E-state index contributed by atoms with van der Waals surface area (Å²) in [7, 11) is 0. The van der Waals surface area contributed by atoms with Crippen LogP contribution < -0.4 is 0 Å². The van der Waals surface area contributed by atoms with E-state index in [0.29, 0.717) is 0 Å². The molecule has 0 aliphatic heterocycles. The second-order valence-corrected chi connectivity index (χ2v) is 3.50. The molecule has 0 aromatic heterocycles. The first-order chi connectivity index (χ1) is 6.72. The van der Waals surface area contributed by atoms with E-state index in [1.165, 1.54) is 32.1 Å². The maximum Gasteiger partial charge on any atom is -0.0443 e. The highest BCUT2D eigenvalue weighted by molar-refractivity contribution is 4.60. The fourth-order valence-corrected chi connectivity index (χ4v) is 1.13. The molecule has 1 rings (SSSR count). The molecule has 0 bridgehead atoms. The molecule has 0 amide bonds. The maximum absolute atomic E-state index is 3.36. The van der Waals surface area contributed by atoms with E-state index >= 15 is 0 Å². The minimum absolute atomic E-state index is 1.05. The molecule has 1 fully saturated rings. The zero-order valence-electron chi connectivity index (χ0n) is 11.4. The number of rotatable bonds is 0. The molecule has 88 valence electrons. The summed E-state index contributed by atoms with van der Waals surface area (Å²) in [5.41, 5.74) is 0. The minimum atomic E-state index is 1.05. The van der Waals surface area contributed by atoms with Gasteiger partial charge in [-0.15, -0.1) is 6.58 Å². The Balaban J connectivity index is -0.000000132. The molecule has 0 aromatic rings. The third-order valence-corrected chi connectivity index (χ3v) is 1.64. The first-order valence-electron chi connectivity index (χ1n) is 6.29. The summed E-state index contributed by atoms with van der Waals surface area (Å²) < 4.78 is 0. The van der Waals surface area contributed by atoms with Crippen LogP contribution in [0.4, 0.5) is 0 Å². The molecule has 0 atom stereocenters. The summed E-state index contributed by atoms with van der Waals surface area (Å²) in [4.78, 5) is 0. The van der Waals surface area contributed by atoms with Crippen molar-refractivity contribution in [3.63, 3.8) is 0 Å². The van der Waals surface area contributed by atoms with E-state index in [1.807, 2.05) is 20.8 Å². The van der Waals surface area contributed by atoms with Crippen LogP contribution in [-0.2, 0) is 0 Å². The standard InChI is InChI=1S/C6H12.C3H8.C3H6.C2H6/c1-6-4-2-3-5-6;2*1-3-2;1-2/h6H,2-5H2,1H3;3H2,1-2H3;3H,1H2,2H3;1-2H3. The normalized spacial score (nSPS) is 13.6. The van der Waals surface area contributed by atoms with Gasteiger partial charge in [0, 0.05) is 0 Å². The fraction of sp³-hybridized carbons (Fsp3) is 0.857. The van der Waals surface area contributed by atoms with Crippen LogP contribution in [-0.4, -0.2) is 0 Å². The first-order valence-corrected chi connectivity index (χ1v) is 6.29. The SMILES string of the molecule is C=CC.CC.CC1CCCC1.CCC. The van der Waals surface area contributed by atoms with Crippen molar-refractivity contribution in [1.82, 2.24) is 0 Å². The van der Waals surface area contributed by atoms with E-state index in [9.17, 15) is 0 Å². The van der Waals surface area contributed by atoms with Crippen LogP contribution in [0.5, 0.6) is 0 Å². The van der Waals surface area contributed by atoms with Crippen molar-refractivity contribution in [2.75, 3.05) is 0 Å². The Kier molecular flexibility index (Phi) is 31.7. The summed E-state index contributed by atoms with van der Waals surface area (Å²) >= 11 is 0. The zero-order chi connectivity index (χ0) is 11.8. The van der Waals surface area contributed by atoms with Crippen LogP contribution in [0.3, 0.4) is 0 Å². The Morgan fingerprint density at radius 1 is 1.14 bits per heavy atom. The Labute approximate surface area is 92.8 Å². The average Bonchev–Trinajstić information content (AvgIpc) is 2.62. The topological polar surface area (TPSA) is 0 Å². The van der Waals surface area contributed by atoms with Gasteiger partial charge in [0.15, 0.2) is 0 Å². The van der Waals surface area contributed by atoms with Gasteiger partial charge in [-0.05, 0) is 12.8 Å². The Morgan fingerprint density at radius 3 is 1.43 bits per heavy atom. The fourth-order valence-electron chi connectivity index (χ4n) is 1.13. The van der Waals surface area contributed by atoms with E-state index in [2.05, 4.69) is 27.4 Å². The Hall–Kier alpha value is -0.260. The molecule has 0 heteroatoms. The van der Waals surface area contributed by atoms with Crippen molar-refractivity contribution < 1.29 is 0 Å². The number of hydrogen-bond donors (Lipinski definition) is 0. The van der Waals surface area contributed by atoms with Crippen molar-refractivity contribution in [3.05, 3.63) is 12.7 Å². The lowest BCUT2D eigenvalue weighted by Crippen LogP contribution is -1.78. The summed E-state index contributed by atoms with van der Waals surface area (Å²) in [5, 5.41) is 0. The van der Waals surface area contributed by atoms with Crippen molar-refractivity contribution in [1.29, 1.82) is 0 Å². The number of hydrogen-bond acceptors (Lipinski definition) is 0. The lowest BCUT2D eigenvalue weighted by molar-refractivity contribution is 0.612. The van der Waals surface area contributed by atoms with Crippen molar-refractivity contribution in [2.24, 2.45) is 5.92 Å². The van der Waals surface area contributed by atoms with E-state index in [0.717, 1.165) is 5.92 Å². The molecule has 0 radical (unpaired) electrons. The van der Waals surface area contributed by atoms with Crippen LogP contribution >= 0.6 is 0 Å². The molecule has 1 aliphatic rings. The predicted octanol–water partition coefficient (Wildman–Crippen LogP) is 5.83. The van der Waals surface area contributed by atoms with E-state index < -0.39 is 0 Å². The quantitative estimate of drug-likeness (QED) is 0.431. The Bertz CT molecular complexity index is 68.1. The van der Waals surface area contributed by atoms with Gasteiger partial charge in [0.2, 0.25) is 0 Å². The highest BCUT2D eigenvalue weighted by atomic mass is 14.1. The molecule has 0 N–H and O–H groups in total. The van der Waals surface area contributed by atoms with Gasteiger partial charge < -0.3 is 0 Å². The van der Waals surface area contributed by atoms with Gasteiger partial charge in [-0.1, -0.05) is 72.8 Å². The molecule has 0 spiro atoms. The number of allylic oxidation sites excluding steroid dienone is 1. The molecule has 0 nitrogen and oxygen atoms in total. The van der Waals surface area contributed by atoms with Gasteiger partial charge in [-0.2, -0.15) is 0 Å². The highest BCUT2D eigenvalue weighted by Gasteiger charge is 2.07. The van der Waals surface area contributed by atoms with Gasteiger partial charge in [0.05, 0.1) is 0 Å². The average molecular weight is 200 g/mol. The van der Waals surface area contributed by atoms with Gasteiger partial charge in [0.25, 0.3) is 0 Å². The lowest BCUT2D eigenvalue weighted by Gasteiger charge is -1.91. The largest absolute Gasteiger partial charge is 0.103 e. The third kappa shape index (κ3) is 29.8. The lowest BCUT2D eigenvalue weighted by atomic mass is 10.2. The minimum Gasteiger partial charge on any atom is -0.103 e. The van der Waals surface area contributed by atoms with Gasteiger partial charge in [-0.25, -0.2) is 0 Å². The summed E-state index contributed by atoms with van der Waals surface area (Å²) in [6.07, 6.45) is 8.95. The molecule has 1 aliphatic carbocycles. The van der Waals surface area contributed by atoms with Crippen LogP contribution in [0.15, 0.2) is 12.7 Å². The molecular formula is C14H32. The highest BCUT2D eigenvalue weighted by Crippen LogP contribution is 2.22. The maximum atomic E-state index is 3.36. The van der Waals surface area contributed by atoms with Gasteiger partial charge in [0.1, 0.15) is 0 Å². The smallest absolute Gasteiger partial charge is 0.0443 e. The summed E-state index contributed by atoms with van der Waals surface area (Å²) in [5.74, 6) is 1.05. The molecule has 14 heavy (non-hydrogen) atoms. The molecule has 1 saturated carbocycles. The molecule has 0 saturated heterocycles. The van der Waals surface area contributed by atoms with Crippen molar-refractivity contribution in [2.45, 2.75) is 73.6 Å². The van der Waals surface area contributed by atoms with Crippen LogP contribution in [0.1, 0.15) is 73.6 Å².